The van der Waals surface area contributed by atoms with Crippen LogP contribution < -0.4 is 0 Å². The predicted octanol–water partition coefficient (Wildman–Crippen LogP) is 3.31. The second kappa shape index (κ2) is 10.7. The Bertz CT molecular complexity index is 219. The maximum atomic E-state index is 10.9. The van der Waals surface area contributed by atoms with Crippen LogP contribution >= 0.6 is 11.6 Å². The van der Waals surface area contributed by atoms with Crippen molar-refractivity contribution in [2.24, 2.45) is 5.16 Å². The fourth-order valence-corrected chi connectivity index (χ4v) is 1.38. The van der Waals surface area contributed by atoms with Crippen molar-refractivity contribution in [3.63, 3.8) is 0 Å². The fraction of sp³-hybridized carbons (Fsp3) is 0.818. The first-order chi connectivity index (χ1) is 7.72. The first kappa shape index (κ1) is 15.2. The normalized spacial score (nSPS) is 11.5. The number of nitrogens with zero attached hydrogens (tertiary/aromatic N) is 1. The van der Waals surface area contributed by atoms with Gasteiger partial charge in [-0.2, -0.15) is 0 Å². The van der Waals surface area contributed by atoms with E-state index in [4.69, 9.17) is 21.5 Å². The Morgan fingerprint density at radius 3 is 2.31 bits per heavy atom. The number of carbonyl (C=O) groups excluding carboxylic acids is 1. The third-order valence-electron chi connectivity index (χ3n) is 2.24. The molecule has 0 rings (SSSR count). The predicted molar refractivity (Wildman–Crippen MR) is 64.0 cm³/mol. The Balaban J connectivity index is 3.24. The number of rotatable bonds is 9. The highest BCUT2D eigenvalue weighted by Gasteiger charge is 2.09. The lowest BCUT2D eigenvalue weighted by molar-refractivity contribution is -0.135. The SMILES string of the molecule is CCCCCCCCCOC(=O)C(Cl)=NO. The van der Waals surface area contributed by atoms with Crippen molar-refractivity contribution in [1.29, 1.82) is 0 Å². The van der Waals surface area contributed by atoms with Gasteiger partial charge in [0.25, 0.3) is 5.17 Å². The van der Waals surface area contributed by atoms with Crippen LogP contribution in [0.4, 0.5) is 0 Å². The van der Waals surface area contributed by atoms with Crippen molar-refractivity contribution in [1.82, 2.24) is 0 Å². The summed E-state index contributed by atoms with van der Waals surface area (Å²) in [5.41, 5.74) is 0. The smallest absolute Gasteiger partial charge is 0.372 e. The van der Waals surface area contributed by atoms with E-state index >= 15 is 0 Å². The minimum absolute atomic E-state index is 0.332. The van der Waals surface area contributed by atoms with Crippen LogP contribution in [0.25, 0.3) is 0 Å². The van der Waals surface area contributed by atoms with Gasteiger partial charge in [-0.05, 0) is 6.42 Å². The van der Waals surface area contributed by atoms with Crippen molar-refractivity contribution >= 4 is 22.7 Å². The molecule has 16 heavy (non-hydrogen) atoms. The van der Waals surface area contributed by atoms with Crippen molar-refractivity contribution in [2.75, 3.05) is 6.61 Å². The van der Waals surface area contributed by atoms with Gasteiger partial charge in [0, 0.05) is 0 Å². The molecule has 0 spiro atoms. The Kier molecular flexibility index (Phi) is 10.2. The molecule has 0 aliphatic rings. The number of hydrogen-bond donors (Lipinski definition) is 1. The molecule has 1 N–H and O–H groups in total. The summed E-state index contributed by atoms with van der Waals surface area (Å²) in [4.78, 5) is 10.9. The van der Waals surface area contributed by atoms with E-state index in [0.717, 1.165) is 12.8 Å². The summed E-state index contributed by atoms with van der Waals surface area (Å²) in [6, 6.07) is 0. The van der Waals surface area contributed by atoms with Gasteiger partial charge in [-0.3, -0.25) is 0 Å². The molecule has 94 valence electrons. The first-order valence-electron chi connectivity index (χ1n) is 5.77. The lowest BCUT2D eigenvalue weighted by Crippen LogP contribution is -2.13. The molecule has 0 heterocycles. The number of hydrogen-bond acceptors (Lipinski definition) is 4. The van der Waals surface area contributed by atoms with E-state index < -0.39 is 11.1 Å². The molecule has 0 aromatic heterocycles. The van der Waals surface area contributed by atoms with Crippen LogP contribution in [-0.4, -0.2) is 23.0 Å². The number of oxime groups is 1. The number of halogens is 1. The standard InChI is InChI=1S/C11H20ClNO3/c1-2-3-4-5-6-7-8-9-16-11(14)10(12)13-15/h15H,2-9H2,1H3. The summed E-state index contributed by atoms with van der Waals surface area (Å²) in [6.45, 7) is 2.52. The highest BCUT2D eigenvalue weighted by Crippen LogP contribution is 2.06. The monoisotopic (exact) mass is 249 g/mol. The Labute approximate surface area is 102 Å². The summed E-state index contributed by atoms with van der Waals surface area (Å²) >= 11 is 5.24. The maximum absolute atomic E-state index is 10.9. The van der Waals surface area contributed by atoms with E-state index in [9.17, 15) is 4.79 Å². The second-order valence-electron chi connectivity index (χ2n) is 3.65. The van der Waals surface area contributed by atoms with Crippen LogP contribution in [-0.2, 0) is 9.53 Å². The van der Waals surface area contributed by atoms with Crippen LogP contribution in [0.5, 0.6) is 0 Å². The van der Waals surface area contributed by atoms with Gasteiger partial charge in [0.15, 0.2) is 0 Å². The molecule has 0 atom stereocenters. The minimum Gasteiger partial charge on any atom is -0.460 e. The quantitative estimate of drug-likeness (QED) is 0.224. The van der Waals surface area contributed by atoms with E-state index in [1.807, 2.05) is 0 Å². The Morgan fingerprint density at radius 2 is 1.75 bits per heavy atom. The van der Waals surface area contributed by atoms with Gasteiger partial charge in [0.2, 0.25) is 0 Å². The fourth-order valence-electron chi connectivity index (χ4n) is 1.32. The summed E-state index contributed by atoms with van der Waals surface area (Å²) in [5.74, 6) is -0.768. The zero-order valence-corrected chi connectivity index (χ0v) is 10.5. The summed E-state index contributed by atoms with van der Waals surface area (Å²) < 4.78 is 4.76. The van der Waals surface area contributed by atoms with Crippen molar-refractivity contribution in [3.05, 3.63) is 0 Å². The van der Waals surface area contributed by atoms with Gasteiger partial charge in [-0.25, -0.2) is 4.79 Å². The van der Waals surface area contributed by atoms with Crippen LogP contribution in [0.2, 0.25) is 0 Å². The average Bonchev–Trinajstić information content (AvgIpc) is 2.31. The number of unbranched alkanes of at least 4 members (excludes halogenated alkanes) is 6. The summed E-state index contributed by atoms with van der Waals surface area (Å²) in [5, 5.41) is 10.2. The third kappa shape index (κ3) is 8.53. The van der Waals surface area contributed by atoms with Crippen LogP contribution in [0, 0.1) is 0 Å². The molecule has 5 heteroatoms. The highest BCUT2D eigenvalue weighted by molar-refractivity contribution is 6.81. The molecule has 0 aromatic carbocycles. The van der Waals surface area contributed by atoms with Gasteiger partial charge in [-0.15, -0.1) is 0 Å². The lowest BCUT2D eigenvalue weighted by Gasteiger charge is -2.02. The van der Waals surface area contributed by atoms with Crippen molar-refractivity contribution in [3.8, 4) is 0 Å². The maximum Gasteiger partial charge on any atom is 0.372 e. The molecule has 0 radical (unpaired) electrons. The highest BCUT2D eigenvalue weighted by atomic mass is 35.5. The van der Waals surface area contributed by atoms with Gasteiger partial charge < -0.3 is 9.94 Å². The molecular formula is C11H20ClNO3. The number of esters is 1. The van der Waals surface area contributed by atoms with Crippen molar-refractivity contribution < 1.29 is 14.7 Å². The van der Waals surface area contributed by atoms with Gasteiger partial charge in [0.05, 0.1) is 6.61 Å². The van der Waals surface area contributed by atoms with E-state index in [1.54, 1.807) is 0 Å². The molecule has 0 saturated carbocycles. The van der Waals surface area contributed by atoms with E-state index in [1.165, 1.54) is 32.1 Å². The third-order valence-corrected chi connectivity index (χ3v) is 2.47. The zero-order valence-electron chi connectivity index (χ0n) is 9.75. The van der Waals surface area contributed by atoms with Gasteiger partial charge in [0.1, 0.15) is 0 Å². The number of carbonyl (C=O) groups is 1. The summed E-state index contributed by atoms with van der Waals surface area (Å²) in [7, 11) is 0. The molecule has 0 fully saturated rings. The molecule has 0 saturated heterocycles. The molecule has 0 aliphatic carbocycles. The molecule has 0 bridgehead atoms. The Hall–Kier alpha value is -0.770. The number of ether oxygens (including phenoxy) is 1. The molecular weight excluding hydrogens is 230 g/mol. The van der Waals surface area contributed by atoms with E-state index in [2.05, 4.69) is 12.1 Å². The van der Waals surface area contributed by atoms with E-state index in [0.29, 0.717) is 6.61 Å². The molecule has 0 aliphatic heterocycles. The molecule has 0 aromatic rings. The molecule has 0 amide bonds. The van der Waals surface area contributed by atoms with Crippen LogP contribution in [0.15, 0.2) is 5.16 Å². The van der Waals surface area contributed by atoms with Crippen molar-refractivity contribution in [2.45, 2.75) is 51.9 Å². The van der Waals surface area contributed by atoms with Gasteiger partial charge in [-0.1, -0.05) is 62.2 Å². The average molecular weight is 250 g/mol. The molecule has 0 unspecified atom stereocenters. The zero-order chi connectivity index (χ0) is 12.2. The largest absolute Gasteiger partial charge is 0.460 e. The topological polar surface area (TPSA) is 58.9 Å². The van der Waals surface area contributed by atoms with Crippen LogP contribution in [0.3, 0.4) is 0 Å². The van der Waals surface area contributed by atoms with Crippen LogP contribution in [0.1, 0.15) is 51.9 Å². The summed E-state index contributed by atoms with van der Waals surface area (Å²) in [6.07, 6.45) is 8.09. The lowest BCUT2D eigenvalue weighted by atomic mass is 10.1. The first-order valence-corrected chi connectivity index (χ1v) is 6.14. The molecule has 4 nitrogen and oxygen atoms in total. The van der Waals surface area contributed by atoms with Gasteiger partial charge >= 0.3 is 5.97 Å². The minimum atomic E-state index is -0.768. The Morgan fingerprint density at radius 1 is 1.19 bits per heavy atom. The van der Waals surface area contributed by atoms with E-state index in [-0.39, 0.29) is 0 Å². The second-order valence-corrected chi connectivity index (χ2v) is 4.01.